The molecular weight excluding hydrogens is 394 g/mol. The van der Waals surface area contributed by atoms with Crippen LogP contribution in [0, 0.1) is 13.8 Å². The zero-order valence-corrected chi connectivity index (χ0v) is 17.7. The Balaban J connectivity index is 1.52. The third-order valence-electron chi connectivity index (χ3n) is 4.63. The highest BCUT2D eigenvalue weighted by Crippen LogP contribution is 2.14. The summed E-state index contributed by atoms with van der Waals surface area (Å²) in [4.78, 5) is 24.5. The lowest BCUT2D eigenvalue weighted by Crippen LogP contribution is -2.34. The lowest BCUT2D eigenvalue weighted by Gasteiger charge is -2.11. The lowest BCUT2D eigenvalue weighted by atomic mass is 10.1. The molecule has 0 spiro atoms. The molecule has 0 aliphatic carbocycles. The highest BCUT2D eigenvalue weighted by molar-refractivity contribution is 7.80. The Hall–Kier alpha value is -3.51. The summed E-state index contributed by atoms with van der Waals surface area (Å²) in [6, 6.07) is 22.2. The van der Waals surface area contributed by atoms with E-state index in [1.54, 1.807) is 30.3 Å². The number of carbonyl (C=O) groups excluding carboxylic acids is 2. The first-order valence-electron chi connectivity index (χ1n) is 9.54. The van der Waals surface area contributed by atoms with Gasteiger partial charge < -0.3 is 10.6 Å². The molecule has 3 aromatic rings. The van der Waals surface area contributed by atoms with Crippen molar-refractivity contribution in [2.45, 2.75) is 20.3 Å². The SMILES string of the molecule is Cc1ccc(C(=O)NC(=S)Nc2ccc(NC(=O)Cc3ccccc3)cc2)cc1C. The van der Waals surface area contributed by atoms with Gasteiger partial charge in [0.1, 0.15) is 0 Å². The van der Waals surface area contributed by atoms with Crippen molar-refractivity contribution in [1.29, 1.82) is 0 Å². The molecule has 0 unspecified atom stereocenters. The number of anilines is 2. The maximum absolute atomic E-state index is 12.3. The van der Waals surface area contributed by atoms with Crippen LogP contribution in [0.25, 0.3) is 0 Å². The van der Waals surface area contributed by atoms with Gasteiger partial charge in [-0.2, -0.15) is 0 Å². The van der Waals surface area contributed by atoms with E-state index in [2.05, 4.69) is 16.0 Å². The third-order valence-corrected chi connectivity index (χ3v) is 4.83. The Morgan fingerprint density at radius 3 is 2.07 bits per heavy atom. The fourth-order valence-electron chi connectivity index (χ4n) is 2.84. The normalized spacial score (nSPS) is 10.2. The van der Waals surface area contributed by atoms with Gasteiger partial charge in [0, 0.05) is 16.9 Å². The molecule has 0 aromatic heterocycles. The van der Waals surface area contributed by atoms with Gasteiger partial charge in [0.05, 0.1) is 6.42 Å². The number of amides is 2. The Morgan fingerprint density at radius 2 is 1.43 bits per heavy atom. The van der Waals surface area contributed by atoms with Crippen LogP contribution in [0.4, 0.5) is 11.4 Å². The fraction of sp³-hybridized carbons (Fsp3) is 0.125. The van der Waals surface area contributed by atoms with Crippen LogP contribution in [-0.4, -0.2) is 16.9 Å². The molecule has 0 bridgehead atoms. The standard InChI is InChI=1S/C24H23N3O2S/c1-16-8-9-19(14-17(16)2)23(29)27-24(30)26-21-12-10-20(11-13-21)25-22(28)15-18-6-4-3-5-7-18/h3-14H,15H2,1-2H3,(H,25,28)(H2,26,27,29,30). The van der Waals surface area contributed by atoms with Crippen LogP contribution in [0.1, 0.15) is 27.0 Å². The second-order valence-electron chi connectivity index (χ2n) is 7.00. The molecule has 0 aliphatic heterocycles. The van der Waals surface area contributed by atoms with Crippen LogP contribution in [0.15, 0.2) is 72.8 Å². The topological polar surface area (TPSA) is 70.2 Å². The van der Waals surface area contributed by atoms with Gasteiger partial charge >= 0.3 is 0 Å². The summed E-state index contributed by atoms with van der Waals surface area (Å²) in [6.45, 7) is 3.96. The van der Waals surface area contributed by atoms with Crippen LogP contribution >= 0.6 is 12.2 Å². The van der Waals surface area contributed by atoms with Gasteiger partial charge in [-0.15, -0.1) is 0 Å². The summed E-state index contributed by atoms with van der Waals surface area (Å²) in [5, 5.41) is 8.73. The van der Waals surface area contributed by atoms with Gasteiger partial charge in [-0.1, -0.05) is 36.4 Å². The van der Waals surface area contributed by atoms with E-state index in [9.17, 15) is 9.59 Å². The van der Waals surface area contributed by atoms with Crippen molar-refractivity contribution < 1.29 is 9.59 Å². The van der Waals surface area contributed by atoms with Crippen molar-refractivity contribution in [3.63, 3.8) is 0 Å². The molecule has 0 saturated heterocycles. The van der Waals surface area contributed by atoms with Crippen molar-refractivity contribution in [2.75, 3.05) is 10.6 Å². The number of carbonyl (C=O) groups is 2. The summed E-state index contributed by atoms with van der Waals surface area (Å²) < 4.78 is 0. The Morgan fingerprint density at radius 1 is 0.800 bits per heavy atom. The maximum atomic E-state index is 12.3. The van der Waals surface area contributed by atoms with E-state index in [1.165, 1.54) is 0 Å². The molecule has 5 nitrogen and oxygen atoms in total. The van der Waals surface area contributed by atoms with Gasteiger partial charge in [-0.05, 0) is 79.2 Å². The molecule has 152 valence electrons. The second-order valence-corrected chi connectivity index (χ2v) is 7.40. The minimum absolute atomic E-state index is 0.0851. The first-order chi connectivity index (χ1) is 14.4. The largest absolute Gasteiger partial charge is 0.332 e. The Labute approximate surface area is 181 Å². The van der Waals surface area contributed by atoms with Gasteiger partial charge in [0.25, 0.3) is 5.91 Å². The van der Waals surface area contributed by atoms with Crippen LogP contribution in [0.3, 0.4) is 0 Å². The summed E-state index contributed by atoms with van der Waals surface area (Å²) in [5.74, 6) is -0.349. The quantitative estimate of drug-likeness (QED) is 0.530. The van der Waals surface area contributed by atoms with E-state index < -0.39 is 0 Å². The molecule has 0 fully saturated rings. The van der Waals surface area contributed by atoms with Crippen molar-refractivity contribution in [1.82, 2.24) is 5.32 Å². The molecule has 3 aromatic carbocycles. The Bertz CT molecular complexity index is 1060. The van der Waals surface area contributed by atoms with Gasteiger partial charge in [-0.25, -0.2) is 0 Å². The predicted molar refractivity (Wildman–Crippen MR) is 125 cm³/mol. The molecule has 0 radical (unpaired) electrons. The second kappa shape index (κ2) is 9.80. The van der Waals surface area contributed by atoms with Gasteiger partial charge in [-0.3, -0.25) is 14.9 Å². The first-order valence-corrected chi connectivity index (χ1v) is 9.95. The summed E-state index contributed by atoms with van der Waals surface area (Å²) in [7, 11) is 0. The van der Waals surface area contributed by atoms with E-state index in [0.29, 0.717) is 23.4 Å². The molecular formula is C24H23N3O2S. The van der Waals surface area contributed by atoms with Crippen LogP contribution in [0.5, 0.6) is 0 Å². The molecule has 3 N–H and O–H groups in total. The number of hydrogen-bond donors (Lipinski definition) is 3. The van der Waals surface area contributed by atoms with E-state index in [-0.39, 0.29) is 16.9 Å². The van der Waals surface area contributed by atoms with Crippen molar-refractivity contribution in [3.8, 4) is 0 Å². The molecule has 30 heavy (non-hydrogen) atoms. The zero-order chi connectivity index (χ0) is 21.5. The number of nitrogens with one attached hydrogen (secondary N) is 3. The molecule has 6 heteroatoms. The highest BCUT2D eigenvalue weighted by Gasteiger charge is 2.09. The van der Waals surface area contributed by atoms with Gasteiger partial charge in [0.2, 0.25) is 5.91 Å². The lowest BCUT2D eigenvalue weighted by molar-refractivity contribution is -0.115. The average Bonchev–Trinajstić information content (AvgIpc) is 2.72. The van der Waals surface area contributed by atoms with Crippen LogP contribution in [0.2, 0.25) is 0 Å². The van der Waals surface area contributed by atoms with E-state index in [1.807, 2.05) is 56.3 Å². The molecule has 3 rings (SSSR count). The fourth-order valence-corrected chi connectivity index (χ4v) is 3.05. The maximum Gasteiger partial charge on any atom is 0.257 e. The van der Waals surface area contributed by atoms with Crippen molar-refractivity contribution >= 4 is 40.5 Å². The molecule has 0 saturated carbocycles. The highest BCUT2D eigenvalue weighted by atomic mass is 32.1. The van der Waals surface area contributed by atoms with E-state index in [0.717, 1.165) is 16.7 Å². The number of rotatable bonds is 5. The van der Waals surface area contributed by atoms with Crippen molar-refractivity contribution in [2.24, 2.45) is 0 Å². The minimum atomic E-state index is -0.264. The van der Waals surface area contributed by atoms with Gasteiger partial charge in [0.15, 0.2) is 5.11 Å². The van der Waals surface area contributed by atoms with Crippen LogP contribution < -0.4 is 16.0 Å². The smallest absolute Gasteiger partial charge is 0.257 e. The zero-order valence-electron chi connectivity index (χ0n) is 16.9. The summed E-state index contributed by atoms with van der Waals surface area (Å²) in [5.41, 5.74) is 5.08. The third kappa shape index (κ3) is 5.99. The number of benzene rings is 3. The van der Waals surface area contributed by atoms with E-state index in [4.69, 9.17) is 12.2 Å². The first kappa shape index (κ1) is 21.2. The number of thiocarbonyl (C=S) groups is 1. The van der Waals surface area contributed by atoms with Crippen LogP contribution in [-0.2, 0) is 11.2 Å². The molecule has 2 amide bonds. The average molecular weight is 418 g/mol. The van der Waals surface area contributed by atoms with Crippen molar-refractivity contribution in [3.05, 3.63) is 95.1 Å². The van der Waals surface area contributed by atoms with E-state index >= 15 is 0 Å². The molecule has 0 aliphatic rings. The predicted octanol–water partition coefficient (Wildman–Crippen LogP) is 4.61. The summed E-state index contributed by atoms with van der Waals surface area (Å²) >= 11 is 5.23. The summed E-state index contributed by atoms with van der Waals surface area (Å²) in [6.07, 6.45) is 0.315. The minimum Gasteiger partial charge on any atom is -0.332 e. The Kier molecular flexibility index (Phi) is 6.93. The monoisotopic (exact) mass is 417 g/mol. The molecule has 0 heterocycles. The number of hydrogen-bond acceptors (Lipinski definition) is 3. The molecule has 0 atom stereocenters. The number of aryl methyl sites for hydroxylation is 2.